The summed E-state index contributed by atoms with van der Waals surface area (Å²) in [6, 6.07) is 11.3. The molecular weight excluding hydrogens is 269 g/mol. The van der Waals surface area contributed by atoms with E-state index in [4.69, 9.17) is 0 Å². The van der Waals surface area contributed by atoms with Gasteiger partial charge in [-0.3, -0.25) is 0 Å². The maximum absolute atomic E-state index is 13.2. The van der Waals surface area contributed by atoms with Crippen LogP contribution < -0.4 is 5.32 Å². The molecule has 2 aromatic rings. The summed E-state index contributed by atoms with van der Waals surface area (Å²) in [4.78, 5) is 2.71. The zero-order valence-corrected chi connectivity index (χ0v) is 13.4. The lowest BCUT2D eigenvalue weighted by atomic mass is 9.95. The SMILES string of the molecule is CC(NCc1ccc(C(C)(C)C)s1)c1cccc(F)c1. The molecule has 3 heteroatoms. The molecule has 1 aromatic heterocycles. The first-order chi connectivity index (χ1) is 9.36. The minimum atomic E-state index is -0.178. The van der Waals surface area contributed by atoms with Crippen molar-refractivity contribution in [2.75, 3.05) is 0 Å². The third kappa shape index (κ3) is 3.90. The van der Waals surface area contributed by atoms with E-state index in [1.165, 1.54) is 15.8 Å². The zero-order chi connectivity index (χ0) is 14.8. The van der Waals surface area contributed by atoms with Crippen molar-refractivity contribution in [3.05, 3.63) is 57.5 Å². The third-order valence-corrected chi connectivity index (χ3v) is 4.84. The summed E-state index contributed by atoms with van der Waals surface area (Å²) in [6.45, 7) is 9.56. The first-order valence-electron chi connectivity index (χ1n) is 6.94. The van der Waals surface area contributed by atoms with Gasteiger partial charge in [-0.2, -0.15) is 0 Å². The van der Waals surface area contributed by atoms with Crippen LogP contribution in [0.2, 0.25) is 0 Å². The molecule has 1 aromatic carbocycles. The average molecular weight is 291 g/mol. The van der Waals surface area contributed by atoms with Gasteiger partial charge in [0.15, 0.2) is 0 Å². The van der Waals surface area contributed by atoms with Crippen molar-refractivity contribution in [1.82, 2.24) is 5.32 Å². The van der Waals surface area contributed by atoms with Gasteiger partial charge in [0.2, 0.25) is 0 Å². The van der Waals surface area contributed by atoms with Crippen LogP contribution in [0.5, 0.6) is 0 Å². The fourth-order valence-corrected chi connectivity index (χ4v) is 3.04. The molecule has 20 heavy (non-hydrogen) atoms. The lowest BCUT2D eigenvalue weighted by molar-refractivity contribution is 0.568. The predicted molar refractivity (Wildman–Crippen MR) is 84.7 cm³/mol. The Balaban J connectivity index is 1.97. The van der Waals surface area contributed by atoms with Crippen LogP contribution in [0.15, 0.2) is 36.4 Å². The van der Waals surface area contributed by atoms with Crippen LogP contribution in [-0.4, -0.2) is 0 Å². The zero-order valence-electron chi connectivity index (χ0n) is 12.5. The van der Waals surface area contributed by atoms with Gasteiger partial charge in [-0.05, 0) is 42.2 Å². The molecule has 2 rings (SSSR count). The van der Waals surface area contributed by atoms with Crippen LogP contribution in [-0.2, 0) is 12.0 Å². The summed E-state index contributed by atoms with van der Waals surface area (Å²) in [7, 11) is 0. The number of halogens is 1. The molecule has 0 aliphatic rings. The van der Waals surface area contributed by atoms with Gasteiger partial charge in [-0.15, -0.1) is 11.3 Å². The Kier molecular flexibility index (Phi) is 4.61. The molecule has 108 valence electrons. The predicted octanol–water partition coefficient (Wildman–Crippen LogP) is 5.04. The van der Waals surface area contributed by atoms with Gasteiger partial charge in [0.05, 0.1) is 0 Å². The Morgan fingerprint density at radius 3 is 2.55 bits per heavy atom. The van der Waals surface area contributed by atoms with Crippen molar-refractivity contribution in [2.45, 2.75) is 45.7 Å². The van der Waals surface area contributed by atoms with Gasteiger partial charge in [0.25, 0.3) is 0 Å². The summed E-state index contributed by atoms with van der Waals surface area (Å²) >= 11 is 1.84. The molecule has 1 unspecified atom stereocenters. The number of nitrogens with one attached hydrogen (secondary N) is 1. The van der Waals surface area contributed by atoms with E-state index in [1.54, 1.807) is 12.1 Å². The van der Waals surface area contributed by atoms with Gasteiger partial charge in [0, 0.05) is 22.3 Å². The Labute approximate surface area is 124 Å². The minimum Gasteiger partial charge on any atom is -0.305 e. The van der Waals surface area contributed by atoms with E-state index in [0.29, 0.717) is 0 Å². The van der Waals surface area contributed by atoms with Crippen LogP contribution in [0.1, 0.15) is 49.1 Å². The monoisotopic (exact) mass is 291 g/mol. The second kappa shape index (κ2) is 6.06. The van der Waals surface area contributed by atoms with Crippen molar-refractivity contribution in [2.24, 2.45) is 0 Å². The molecule has 0 saturated carbocycles. The molecule has 0 fully saturated rings. The molecule has 0 amide bonds. The van der Waals surface area contributed by atoms with Crippen molar-refractivity contribution in [1.29, 1.82) is 0 Å². The van der Waals surface area contributed by atoms with E-state index in [2.05, 4.69) is 45.1 Å². The third-order valence-electron chi connectivity index (χ3n) is 3.33. The summed E-state index contributed by atoms with van der Waals surface area (Å²) in [6.07, 6.45) is 0. The van der Waals surface area contributed by atoms with Crippen LogP contribution in [0.3, 0.4) is 0 Å². The fraction of sp³-hybridized carbons (Fsp3) is 0.412. The average Bonchev–Trinajstić information content (AvgIpc) is 2.84. The standard InChI is InChI=1S/C17H22FNS/c1-12(13-6-5-7-14(18)10-13)19-11-15-8-9-16(20-15)17(2,3)4/h5-10,12,19H,11H2,1-4H3. The highest BCUT2D eigenvalue weighted by molar-refractivity contribution is 7.12. The smallest absolute Gasteiger partial charge is 0.123 e. The molecule has 0 spiro atoms. The molecule has 1 heterocycles. The second-order valence-corrected chi connectivity index (χ2v) is 7.34. The van der Waals surface area contributed by atoms with Gasteiger partial charge < -0.3 is 5.32 Å². The Morgan fingerprint density at radius 2 is 1.95 bits per heavy atom. The van der Waals surface area contributed by atoms with Crippen molar-refractivity contribution < 1.29 is 4.39 Å². The molecule has 0 aliphatic carbocycles. The highest BCUT2D eigenvalue weighted by atomic mass is 32.1. The van der Waals surface area contributed by atoms with E-state index < -0.39 is 0 Å². The second-order valence-electron chi connectivity index (χ2n) is 6.17. The largest absolute Gasteiger partial charge is 0.305 e. The van der Waals surface area contributed by atoms with Crippen LogP contribution in [0.25, 0.3) is 0 Å². The maximum Gasteiger partial charge on any atom is 0.123 e. The van der Waals surface area contributed by atoms with Gasteiger partial charge in [-0.25, -0.2) is 4.39 Å². The Morgan fingerprint density at radius 1 is 1.20 bits per heavy atom. The van der Waals surface area contributed by atoms with E-state index in [0.717, 1.165) is 12.1 Å². The van der Waals surface area contributed by atoms with Gasteiger partial charge in [-0.1, -0.05) is 32.9 Å². The minimum absolute atomic E-state index is 0.144. The summed E-state index contributed by atoms with van der Waals surface area (Å²) in [5, 5.41) is 3.45. The lowest BCUT2D eigenvalue weighted by Gasteiger charge is -2.16. The number of rotatable bonds is 4. The molecule has 1 atom stereocenters. The molecule has 0 bridgehead atoms. The van der Waals surface area contributed by atoms with E-state index in [9.17, 15) is 4.39 Å². The van der Waals surface area contributed by atoms with Crippen LogP contribution in [0.4, 0.5) is 4.39 Å². The van der Waals surface area contributed by atoms with Crippen LogP contribution >= 0.6 is 11.3 Å². The fourth-order valence-electron chi connectivity index (χ4n) is 2.02. The highest BCUT2D eigenvalue weighted by Crippen LogP contribution is 2.29. The number of thiophene rings is 1. The van der Waals surface area contributed by atoms with Crippen molar-refractivity contribution >= 4 is 11.3 Å². The van der Waals surface area contributed by atoms with E-state index >= 15 is 0 Å². The molecule has 1 N–H and O–H groups in total. The summed E-state index contributed by atoms with van der Waals surface area (Å²) in [5.41, 5.74) is 1.19. The molecular formula is C17H22FNS. The van der Waals surface area contributed by atoms with Gasteiger partial charge in [0.1, 0.15) is 5.82 Å². The molecule has 0 radical (unpaired) electrons. The highest BCUT2D eigenvalue weighted by Gasteiger charge is 2.16. The van der Waals surface area contributed by atoms with Gasteiger partial charge >= 0.3 is 0 Å². The Bertz CT molecular complexity index is 568. The lowest BCUT2D eigenvalue weighted by Crippen LogP contribution is -2.17. The topological polar surface area (TPSA) is 12.0 Å². The maximum atomic E-state index is 13.2. The normalized spacial score (nSPS) is 13.4. The van der Waals surface area contributed by atoms with E-state index in [-0.39, 0.29) is 17.3 Å². The summed E-state index contributed by atoms with van der Waals surface area (Å²) in [5.74, 6) is -0.178. The first kappa shape index (κ1) is 15.2. The molecule has 0 saturated heterocycles. The number of hydrogen-bond donors (Lipinski definition) is 1. The molecule has 0 aliphatic heterocycles. The number of benzene rings is 1. The van der Waals surface area contributed by atoms with Crippen LogP contribution in [0, 0.1) is 5.82 Å². The Hall–Kier alpha value is -1.19. The first-order valence-corrected chi connectivity index (χ1v) is 7.76. The molecule has 1 nitrogen and oxygen atoms in total. The van der Waals surface area contributed by atoms with Crippen molar-refractivity contribution in [3.8, 4) is 0 Å². The van der Waals surface area contributed by atoms with Crippen molar-refractivity contribution in [3.63, 3.8) is 0 Å². The number of hydrogen-bond acceptors (Lipinski definition) is 2. The quantitative estimate of drug-likeness (QED) is 0.832. The summed E-state index contributed by atoms with van der Waals surface area (Å²) < 4.78 is 13.2. The van der Waals surface area contributed by atoms with E-state index in [1.807, 2.05) is 17.4 Å².